The van der Waals surface area contributed by atoms with Gasteiger partial charge in [-0.1, -0.05) is 53.7 Å². The number of anilines is 1. The van der Waals surface area contributed by atoms with E-state index in [1.54, 1.807) is 4.90 Å². The van der Waals surface area contributed by atoms with Gasteiger partial charge in [0.1, 0.15) is 11.0 Å². The number of nitrogens with zero attached hydrogens (tertiary/aromatic N) is 8. The van der Waals surface area contributed by atoms with Gasteiger partial charge in [-0.15, -0.1) is 5.10 Å². The van der Waals surface area contributed by atoms with Gasteiger partial charge in [0.2, 0.25) is 5.91 Å². The molecular weight excluding hydrogens is 615 g/mol. The fraction of sp³-hybridized carbons (Fsp3) is 0.361. The van der Waals surface area contributed by atoms with Gasteiger partial charge in [-0.05, 0) is 75.5 Å². The van der Waals surface area contributed by atoms with Crippen LogP contribution in [0.15, 0.2) is 55.1 Å². The number of amides is 1. The predicted octanol–water partition coefficient (Wildman–Crippen LogP) is 6.67. The van der Waals surface area contributed by atoms with Crippen molar-refractivity contribution < 1.29 is 9.18 Å². The molecule has 1 unspecified atom stereocenters. The average Bonchev–Trinajstić information content (AvgIpc) is 3.49. The molecule has 47 heavy (non-hydrogen) atoms. The van der Waals surface area contributed by atoms with E-state index in [1.165, 1.54) is 6.08 Å². The maximum Gasteiger partial charge on any atom is 0.246 e. The fourth-order valence-corrected chi connectivity index (χ4v) is 7.67. The number of fused-ring (bicyclic) bond motifs is 4. The van der Waals surface area contributed by atoms with Crippen LogP contribution in [0.1, 0.15) is 37.8 Å². The monoisotopic (exact) mass is 650 g/mol. The van der Waals surface area contributed by atoms with Crippen molar-refractivity contribution in [3.8, 4) is 17.2 Å². The number of aryl methyl sites for hydroxylation is 1. The zero-order valence-corrected chi connectivity index (χ0v) is 27.7. The van der Waals surface area contributed by atoms with Crippen molar-refractivity contribution in [2.75, 3.05) is 38.6 Å². The van der Waals surface area contributed by atoms with Gasteiger partial charge in [-0.25, -0.2) is 14.1 Å². The van der Waals surface area contributed by atoms with E-state index in [9.17, 15) is 10.1 Å². The van der Waals surface area contributed by atoms with Crippen LogP contribution < -0.4 is 4.90 Å². The standard InChI is InChI=1S/C36H36ClFN8O/c1-6-28(47)45-16-14-24(18-23(45)13-15-39)46-34-26-17-21(2)29(25-11-7-9-22-10-8-12-27(37)30(22)25)31(38)32(26)40-35(33(34)41-42-46)44-19-36(3,20-44)43(4)5/h6-12,17,23-24H,1,13-14,16,18-20H2,2-5H3/t23-,24?/m1/s1. The molecule has 1 amide bonds. The maximum atomic E-state index is 17.2. The van der Waals surface area contributed by atoms with Crippen LogP contribution >= 0.6 is 11.6 Å². The van der Waals surface area contributed by atoms with E-state index in [-0.39, 0.29) is 35.5 Å². The topological polar surface area (TPSA) is 94.2 Å². The van der Waals surface area contributed by atoms with Gasteiger partial charge >= 0.3 is 0 Å². The summed E-state index contributed by atoms with van der Waals surface area (Å²) in [5, 5.41) is 21.8. The Morgan fingerprint density at radius 2 is 1.98 bits per heavy atom. The van der Waals surface area contributed by atoms with Crippen LogP contribution in [-0.4, -0.2) is 81.0 Å². The normalized spacial score (nSPS) is 19.4. The number of likely N-dealkylation sites (tertiary alicyclic amines) is 1. The molecule has 0 spiro atoms. The third-order valence-electron chi connectivity index (χ3n) is 10.2. The number of nitriles is 1. The van der Waals surface area contributed by atoms with Crippen LogP contribution in [0.4, 0.5) is 10.2 Å². The molecule has 240 valence electrons. The minimum absolute atomic E-state index is 0.0648. The molecule has 2 aliphatic heterocycles. The zero-order valence-electron chi connectivity index (χ0n) is 27.0. The Morgan fingerprint density at radius 3 is 2.68 bits per heavy atom. The van der Waals surface area contributed by atoms with Crippen LogP contribution in [0.3, 0.4) is 0 Å². The maximum absolute atomic E-state index is 17.2. The van der Waals surface area contributed by atoms with Crippen molar-refractivity contribution in [3.05, 3.63) is 71.5 Å². The van der Waals surface area contributed by atoms with Crippen LogP contribution in [0, 0.1) is 24.1 Å². The van der Waals surface area contributed by atoms with E-state index >= 15 is 4.39 Å². The first-order chi connectivity index (χ1) is 22.6. The number of carbonyl (C=O) groups excluding carboxylic acids is 1. The molecule has 2 aromatic heterocycles. The minimum atomic E-state index is -0.423. The number of halogens is 2. The van der Waals surface area contributed by atoms with Crippen molar-refractivity contribution in [2.45, 2.75) is 50.7 Å². The number of piperidine rings is 1. The molecule has 0 bridgehead atoms. The molecular formula is C36H36ClFN8O. The molecule has 2 atom stereocenters. The zero-order chi connectivity index (χ0) is 33.2. The third kappa shape index (κ3) is 4.91. The molecule has 4 heterocycles. The lowest BCUT2D eigenvalue weighted by Crippen LogP contribution is -2.67. The second-order valence-electron chi connectivity index (χ2n) is 13.3. The highest BCUT2D eigenvalue weighted by atomic mass is 35.5. The molecule has 0 aliphatic carbocycles. The number of carbonyl (C=O) groups is 1. The molecule has 9 nitrogen and oxygen atoms in total. The molecule has 0 radical (unpaired) electrons. The third-order valence-corrected chi connectivity index (χ3v) is 10.5. The lowest BCUT2D eigenvalue weighted by Gasteiger charge is -2.52. The number of benzene rings is 3. The summed E-state index contributed by atoms with van der Waals surface area (Å²) in [7, 11) is 4.12. The summed E-state index contributed by atoms with van der Waals surface area (Å²) < 4.78 is 19.1. The summed E-state index contributed by atoms with van der Waals surface area (Å²) in [5.41, 5.74) is 3.40. The van der Waals surface area contributed by atoms with Gasteiger partial charge in [0.25, 0.3) is 0 Å². The van der Waals surface area contributed by atoms with Crippen molar-refractivity contribution in [1.29, 1.82) is 5.26 Å². The fourth-order valence-electron chi connectivity index (χ4n) is 7.39. The highest BCUT2D eigenvalue weighted by Gasteiger charge is 2.43. The molecule has 3 aromatic carbocycles. The van der Waals surface area contributed by atoms with Gasteiger partial charge in [-0.3, -0.25) is 4.79 Å². The number of pyridine rings is 1. The molecule has 7 rings (SSSR count). The first-order valence-electron chi connectivity index (χ1n) is 15.8. The molecule has 2 fully saturated rings. The van der Waals surface area contributed by atoms with E-state index in [4.69, 9.17) is 16.6 Å². The van der Waals surface area contributed by atoms with E-state index in [2.05, 4.69) is 53.8 Å². The van der Waals surface area contributed by atoms with Crippen LogP contribution in [-0.2, 0) is 4.79 Å². The van der Waals surface area contributed by atoms with Crippen LogP contribution in [0.2, 0.25) is 5.02 Å². The Bertz CT molecular complexity index is 2120. The van der Waals surface area contributed by atoms with E-state index in [0.717, 1.165) is 16.3 Å². The van der Waals surface area contributed by atoms with E-state index < -0.39 is 5.82 Å². The molecule has 0 saturated carbocycles. The molecule has 0 N–H and O–H groups in total. The van der Waals surface area contributed by atoms with Crippen molar-refractivity contribution in [1.82, 2.24) is 29.8 Å². The van der Waals surface area contributed by atoms with Gasteiger partial charge in [0.15, 0.2) is 17.2 Å². The molecule has 2 aliphatic rings. The number of hydrogen-bond acceptors (Lipinski definition) is 7. The van der Waals surface area contributed by atoms with Crippen molar-refractivity contribution >= 4 is 56.0 Å². The number of hydrogen-bond donors (Lipinski definition) is 0. The van der Waals surface area contributed by atoms with Gasteiger partial charge in [0.05, 0.1) is 24.1 Å². The lowest BCUT2D eigenvalue weighted by molar-refractivity contribution is -0.130. The highest BCUT2D eigenvalue weighted by Crippen LogP contribution is 2.43. The smallest absolute Gasteiger partial charge is 0.246 e. The highest BCUT2D eigenvalue weighted by molar-refractivity contribution is 6.36. The quantitative estimate of drug-likeness (QED) is 0.189. The Hall–Kier alpha value is -4.59. The summed E-state index contributed by atoms with van der Waals surface area (Å²) in [5.74, 6) is -0.0203. The Labute approximate surface area is 277 Å². The SMILES string of the molecule is C=CC(=O)N1CCC(n2nnc3c(N4CC(C)(N(C)C)C4)nc4c(F)c(-c5cccc6cccc(Cl)c56)c(C)cc4c32)C[C@H]1CC#N. The average molecular weight is 651 g/mol. The summed E-state index contributed by atoms with van der Waals surface area (Å²) in [6, 6.07) is 15.2. The number of rotatable bonds is 6. The van der Waals surface area contributed by atoms with Gasteiger partial charge in [0, 0.05) is 47.0 Å². The molecule has 11 heteroatoms. The Morgan fingerprint density at radius 1 is 1.23 bits per heavy atom. The van der Waals surface area contributed by atoms with Gasteiger partial charge < -0.3 is 14.7 Å². The molecule has 2 saturated heterocycles. The van der Waals surface area contributed by atoms with Crippen molar-refractivity contribution in [3.63, 3.8) is 0 Å². The second-order valence-corrected chi connectivity index (χ2v) is 13.7. The summed E-state index contributed by atoms with van der Waals surface area (Å²) in [6.07, 6.45) is 2.61. The van der Waals surface area contributed by atoms with E-state index in [1.807, 2.05) is 54.1 Å². The van der Waals surface area contributed by atoms with Crippen LogP contribution in [0.25, 0.3) is 43.8 Å². The summed E-state index contributed by atoms with van der Waals surface area (Å²) >= 11 is 6.71. The van der Waals surface area contributed by atoms with Crippen molar-refractivity contribution in [2.24, 2.45) is 0 Å². The summed E-state index contributed by atoms with van der Waals surface area (Å²) in [4.78, 5) is 23.7. The number of aromatic nitrogens is 4. The second kappa shape index (κ2) is 11.6. The van der Waals surface area contributed by atoms with Gasteiger partial charge in [-0.2, -0.15) is 5.26 Å². The first kappa shape index (κ1) is 31.0. The molecule has 5 aromatic rings. The van der Waals surface area contributed by atoms with E-state index in [0.29, 0.717) is 70.9 Å². The number of likely N-dealkylation sites (N-methyl/N-ethyl adjacent to an activating group) is 1. The lowest BCUT2D eigenvalue weighted by atomic mass is 9.90. The predicted molar refractivity (Wildman–Crippen MR) is 184 cm³/mol. The summed E-state index contributed by atoms with van der Waals surface area (Å²) in [6.45, 7) is 9.59. The Kier molecular flexibility index (Phi) is 7.65. The Balaban J connectivity index is 1.45. The minimum Gasteiger partial charge on any atom is -0.351 e. The largest absolute Gasteiger partial charge is 0.351 e. The van der Waals surface area contributed by atoms with Crippen LogP contribution in [0.5, 0.6) is 0 Å². The first-order valence-corrected chi connectivity index (χ1v) is 16.2.